The van der Waals surface area contributed by atoms with Crippen LogP contribution in [0.25, 0.3) is 0 Å². The van der Waals surface area contributed by atoms with Gasteiger partial charge in [-0.1, -0.05) is 36.4 Å². The molecule has 2 amide bonds. The van der Waals surface area contributed by atoms with Gasteiger partial charge in [-0.25, -0.2) is 4.39 Å². The third-order valence-electron chi connectivity index (χ3n) is 5.99. The number of aryl methyl sites for hydroxylation is 1. The van der Waals surface area contributed by atoms with Crippen molar-refractivity contribution in [3.05, 3.63) is 88.0 Å². The van der Waals surface area contributed by atoms with E-state index in [2.05, 4.69) is 27.5 Å². The van der Waals surface area contributed by atoms with Gasteiger partial charge in [0.1, 0.15) is 5.82 Å². The molecule has 1 unspecified atom stereocenters. The predicted octanol–water partition coefficient (Wildman–Crippen LogP) is 4.17. The number of hydrogen-bond acceptors (Lipinski definition) is 5. The average molecular weight is 481 g/mol. The van der Waals surface area contributed by atoms with Crippen molar-refractivity contribution in [1.29, 1.82) is 0 Å². The number of nitrogens with one attached hydrogen (secondary N) is 2. The molecule has 1 atom stereocenters. The minimum Gasteiger partial charge on any atom is -0.343 e. The summed E-state index contributed by atoms with van der Waals surface area (Å²) >= 11 is 1.22. The summed E-state index contributed by atoms with van der Waals surface area (Å²) in [5.41, 5.74) is 2.07. The maximum absolute atomic E-state index is 13.5. The van der Waals surface area contributed by atoms with Gasteiger partial charge in [-0.3, -0.25) is 14.5 Å². The Morgan fingerprint density at radius 1 is 1.00 bits per heavy atom. The van der Waals surface area contributed by atoms with Crippen LogP contribution in [0.2, 0.25) is 0 Å². The molecule has 2 heterocycles. The van der Waals surface area contributed by atoms with Crippen LogP contribution in [0.1, 0.15) is 37.2 Å². The Labute approximate surface area is 203 Å². The fourth-order valence-corrected chi connectivity index (χ4v) is 4.99. The summed E-state index contributed by atoms with van der Waals surface area (Å²) in [7, 11) is 2.12. The molecule has 1 fully saturated rings. The van der Waals surface area contributed by atoms with E-state index in [1.807, 2.05) is 37.3 Å². The van der Waals surface area contributed by atoms with E-state index in [9.17, 15) is 14.0 Å². The van der Waals surface area contributed by atoms with E-state index < -0.39 is 11.7 Å². The maximum atomic E-state index is 13.5. The Morgan fingerprint density at radius 2 is 1.74 bits per heavy atom. The van der Waals surface area contributed by atoms with Crippen LogP contribution in [0.3, 0.4) is 0 Å². The van der Waals surface area contributed by atoms with Crippen LogP contribution in [0.5, 0.6) is 0 Å². The number of halogens is 1. The Kier molecular flexibility index (Phi) is 7.72. The quantitative estimate of drug-likeness (QED) is 0.533. The molecule has 0 radical (unpaired) electrons. The molecular formula is C26H29FN4O2S. The van der Waals surface area contributed by atoms with Crippen LogP contribution < -0.4 is 10.6 Å². The second-order valence-corrected chi connectivity index (χ2v) is 9.68. The Bertz CT molecular complexity index is 1140. The van der Waals surface area contributed by atoms with Crippen molar-refractivity contribution in [2.75, 3.05) is 45.1 Å². The fourth-order valence-electron chi connectivity index (χ4n) is 4.02. The second-order valence-electron chi connectivity index (χ2n) is 8.63. The molecule has 0 saturated carbocycles. The van der Waals surface area contributed by atoms with Gasteiger partial charge in [0.15, 0.2) is 0 Å². The van der Waals surface area contributed by atoms with Gasteiger partial charge in [0, 0.05) is 38.3 Å². The lowest BCUT2D eigenvalue weighted by atomic mass is 10.1. The minimum atomic E-state index is -0.470. The molecular weight excluding hydrogens is 451 g/mol. The van der Waals surface area contributed by atoms with Gasteiger partial charge in [-0.2, -0.15) is 0 Å². The summed E-state index contributed by atoms with van der Waals surface area (Å²) in [6.07, 6.45) is 0. The molecule has 1 saturated heterocycles. The zero-order valence-electron chi connectivity index (χ0n) is 19.4. The molecule has 1 aliphatic rings. The number of carbonyl (C=O) groups excluding carboxylic acids is 2. The molecule has 3 aromatic rings. The van der Waals surface area contributed by atoms with Gasteiger partial charge in [-0.15, -0.1) is 11.3 Å². The number of rotatable bonds is 7. The standard InChI is InChI=1S/C26H29FN4O2S/c1-18-15-23(29-25(32)20-9-6-10-21(27)16-20)34-24(18)26(33)28-22(19-7-4-3-5-8-19)17-31-13-11-30(2)12-14-31/h3-10,15-16,22H,11-14,17H2,1-2H3,(H,28,33)(H,29,32). The summed E-state index contributed by atoms with van der Waals surface area (Å²) in [5.74, 6) is -1.05. The number of nitrogens with zero attached hydrogens (tertiary/aromatic N) is 2. The van der Waals surface area contributed by atoms with Crippen molar-refractivity contribution in [3.63, 3.8) is 0 Å². The molecule has 1 aliphatic heterocycles. The Morgan fingerprint density at radius 3 is 2.44 bits per heavy atom. The first-order valence-electron chi connectivity index (χ1n) is 11.3. The van der Waals surface area contributed by atoms with E-state index in [0.717, 1.165) is 43.9 Å². The van der Waals surface area contributed by atoms with Crippen LogP contribution >= 0.6 is 11.3 Å². The highest BCUT2D eigenvalue weighted by Crippen LogP contribution is 2.28. The van der Waals surface area contributed by atoms with E-state index in [4.69, 9.17) is 0 Å². The summed E-state index contributed by atoms with van der Waals surface area (Å²) in [5, 5.41) is 6.53. The van der Waals surface area contributed by atoms with Crippen molar-refractivity contribution in [2.24, 2.45) is 0 Å². The molecule has 8 heteroatoms. The minimum absolute atomic E-state index is 0.149. The average Bonchev–Trinajstić information content (AvgIpc) is 3.20. The van der Waals surface area contributed by atoms with Crippen molar-refractivity contribution in [2.45, 2.75) is 13.0 Å². The van der Waals surface area contributed by atoms with E-state index in [1.165, 1.54) is 29.5 Å². The molecule has 2 aromatic carbocycles. The lowest BCUT2D eigenvalue weighted by molar-refractivity contribution is 0.0910. The van der Waals surface area contributed by atoms with Gasteiger partial charge >= 0.3 is 0 Å². The summed E-state index contributed by atoms with van der Waals surface area (Å²) in [6.45, 7) is 6.52. The largest absolute Gasteiger partial charge is 0.343 e. The number of likely N-dealkylation sites (N-methyl/N-ethyl adjacent to an activating group) is 1. The van der Waals surface area contributed by atoms with Crippen molar-refractivity contribution < 1.29 is 14.0 Å². The molecule has 4 rings (SSSR count). The molecule has 2 N–H and O–H groups in total. The maximum Gasteiger partial charge on any atom is 0.262 e. The van der Waals surface area contributed by atoms with E-state index in [1.54, 1.807) is 12.1 Å². The van der Waals surface area contributed by atoms with Crippen molar-refractivity contribution in [3.8, 4) is 0 Å². The first kappa shape index (κ1) is 24.1. The molecule has 178 valence electrons. The summed E-state index contributed by atoms with van der Waals surface area (Å²) < 4.78 is 13.5. The van der Waals surface area contributed by atoms with Crippen LogP contribution in [-0.2, 0) is 0 Å². The molecule has 0 spiro atoms. The number of carbonyl (C=O) groups is 2. The molecule has 0 bridgehead atoms. The highest BCUT2D eigenvalue weighted by atomic mass is 32.1. The number of thiophene rings is 1. The van der Waals surface area contributed by atoms with Gasteiger partial charge in [0.05, 0.1) is 15.9 Å². The van der Waals surface area contributed by atoms with Crippen LogP contribution in [0.15, 0.2) is 60.7 Å². The van der Waals surface area contributed by atoms with Crippen molar-refractivity contribution >= 4 is 28.2 Å². The highest BCUT2D eigenvalue weighted by molar-refractivity contribution is 7.18. The topological polar surface area (TPSA) is 64.7 Å². The monoisotopic (exact) mass is 480 g/mol. The summed E-state index contributed by atoms with van der Waals surface area (Å²) in [4.78, 5) is 31.0. The number of benzene rings is 2. The Balaban J connectivity index is 1.47. The highest BCUT2D eigenvalue weighted by Gasteiger charge is 2.23. The van der Waals surface area contributed by atoms with Crippen LogP contribution in [0.4, 0.5) is 9.39 Å². The number of hydrogen-bond donors (Lipinski definition) is 2. The SMILES string of the molecule is Cc1cc(NC(=O)c2cccc(F)c2)sc1C(=O)NC(CN1CCN(C)CC1)c1ccccc1. The molecule has 1 aromatic heterocycles. The van der Waals surface area contributed by atoms with E-state index in [0.29, 0.717) is 9.88 Å². The smallest absolute Gasteiger partial charge is 0.262 e. The van der Waals surface area contributed by atoms with Crippen LogP contribution in [-0.4, -0.2) is 61.4 Å². The number of amides is 2. The first-order chi connectivity index (χ1) is 16.4. The summed E-state index contributed by atoms with van der Waals surface area (Å²) in [6, 6.07) is 17.1. The Hall–Kier alpha value is -3.07. The first-order valence-corrected chi connectivity index (χ1v) is 12.1. The van der Waals surface area contributed by atoms with Gasteiger partial charge in [-0.05, 0) is 49.4 Å². The molecule has 0 aliphatic carbocycles. The molecule has 6 nitrogen and oxygen atoms in total. The van der Waals surface area contributed by atoms with Gasteiger partial charge in [0.2, 0.25) is 0 Å². The van der Waals surface area contributed by atoms with Crippen molar-refractivity contribution in [1.82, 2.24) is 15.1 Å². The zero-order chi connectivity index (χ0) is 24.1. The second kappa shape index (κ2) is 10.9. The fraction of sp³-hybridized carbons (Fsp3) is 0.308. The third kappa shape index (κ3) is 6.08. The van der Waals surface area contributed by atoms with E-state index in [-0.39, 0.29) is 17.5 Å². The predicted molar refractivity (Wildman–Crippen MR) is 134 cm³/mol. The number of anilines is 1. The van der Waals surface area contributed by atoms with Gasteiger partial charge in [0.25, 0.3) is 11.8 Å². The molecule has 34 heavy (non-hydrogen) atoms. The van der Waals surface area contributed by atoms with Gasteiger partial charge < -0.3 is 15.5 Å². The number of piperazine rings is 1. The van der Waals surface area contributed by atoms with E-state index >= 15 is 0 Å². The lowest BCUT2D eigenvalue weighted by Gasteiger charge is -2.35. The normalized spacial score (nSPS) is 15.6. The zero-order valence-corrected chi connectivity index (χ0v) is 20.2. The third-order valence-corrected chi connectivity index (χ3v) is 7.14. The lowest BCUT2D eigenvalue weighted by Crippen LogP contribution is -2.47. The van der Waals surface area contributed by atoms with Crippen LogP contribution in [0, 0.1) is 12.7 Å².